The predicted octanol–water partition coefficient (Wildman–Crippen LogP) is 1.18. The number of H-pyrrole nitrogens is 1. The molecule has 15 heavy (non-hydrogen) atoms. The predicted molar refractivity (Wildman–Crippen MR) is 56.3 cm³/mol. The largest absolute Gasteiger partial charge is 0.439 e. The minimum atomic E-state index is 0.596. The van der Waals surface area contributed by atoms with E-state index in [-0.39, 0.29) is 0 Å². The van der Waals surface area contributed by atoms with Gasteiger partial charge in [0.1, 0.15) is 5.69 Å². The van der Waals surface area contributed by atoms with Crippen LogP contribution in [0.2, 0.25) is 0 Å². The maximum Gasteiger partial charge on any atom is 0.192 e. The molecule has 0 unspecified atom stereocenters. The summed E-state index contributed by atoms with van der Waals surface area (Å²) in [6.07, 6.45) is 2.56. The summed E-state index contributed by atoms with van der Waals surface area (Å²) in [5.74, 6) is 1.42. The maximum atomic E-state index is 5.52. The summed E-state index contributed by atoms with van der Waals surface area (Å²) in [4.78, 5) is 4.22. The summed E-state index contributed by atoms with van der Waals surface area (Å²) in [5.41, 5.74) is 8.35. The Kier molecular flexibility index (Phi) is 2.55. The van der Waals surface area contributed by atoms with E-state index >= 15 is 0 Å². The van der Waals surface area contributed by atoms with Gasteiger partial charge in [-0.25, -0.2) is 4.98 Å². The fourth-order valence-electron chi connectivity index (χ4n) is 1.62. The van der Waals surface area contributed by atoms with Gasteiger partial charge in [0.05, 0.1) is 11.9 Å². The Balaban J connectivity index is 2.44. The zero-order valence-electron chi connectivity index (χ0n) is 8.87. The number of hydrogen-bond donors (Lipinski definition) is 2. The first-order valence-corrected chi connectivity index (χ1v) is 4.89. The first-order valence-electron chi connectivity index (χ1n) is 4.89. The van der Waals surface area contributed by atoms with Crippen molar-refractivity contribution in [3.8, 4) is 11.5 Å². The van der Waals surface area contributed by atoms with Crippen LogP contribution in [0.4, 0.5) is 0 Å². The molecule has 0 atom stereocenters. The number of hydrogen-bond acceptors (Lipinski definition) is 4. The second-order valence-corrected chi connectivity index (χ2v) is 3.46. The molecular weight excluding hydrogens is 192 g/mol. The van der Waals surface area contributed by atoms with Crippen molar-refractivity contribution >= 4 is 0 Å². The van der Waals surface area contributed by atoms with Crippen LogP contribution < -0.4 is 5.73 Å². The van der Waals surface area contributed by atoms with Gasteiger partial charge in [-0.15, -0.1) is 0 Å². The Morgan fingerprint density at radius 3 is 2.87 bits per heavy atom. The highest BCUT2D eigenvalue weighted by Crippen LogP contribution is 2.25. The van der Waals surface area contributed by atoms with E-state index in [1.807, 2.05) is 13.8 Å². The summed E-state index contributed by atoms with van der Waals surface area (Å²) >= 11 is 0. The zero-order valence-corrected chi connectivity index (χ0v) is 8.87. The third kappa shape index (κ3) is 1.78. The third-order valence-corrected chi connectivity index (χ3v) is 2.26. The lowest BCUT2D eigenvalue weighted by Gasteiger charge is -1.98. The lowest BCUT2D eigenvalue weighted by molar-refractivity contribution is 0.531. The zero-order chi connectivity index (χ0) is 10.8. The standard InChI is InChI=1S/C10H14N4O/c1-6-10(15-7(2)13-6)9-8(3-4-11)5-12-14-9/h5H,3-4,11H2,1-2H3,(H,12,14). The molecule has 0 bridgehead atoms. The number of aryl methyl sites for hydroxylation is 2. The summed E-state index contributed by atoms with van der Waals surface area (Å²) < 4.78 is 5.52. The van der Waals surface area contributed by atoms with E-state index in [4.69, 9.17) is 10.2 Å². The first kappa shape index (κ1) is 9.92. The van der Waals surface area contributed by atoms with Crippen LogP contribution in [0.25, 0.3) is 11.5 Å². The monoisotopic (exact) mass is 206 g/mol. The Morgan fingerprint density at radius 2 is 2.27 bits per heavy atom. The molecular formula is C10H14N4O. The van der Waals surface area contributed by atoms with Crippen LogP contribution in [-0.2, 0) is 6.42 Å². The smallest absolute Gasteiger partial charge is 0.192 e. The van der Waals surface area contributed by atoms with Crippen LogP contribution in [0.15, 0.2) is 10.6 Å². The number of oxazole rings is 1. The highest BCUT2D eigenvalue weighted by Gasteiger charge is 2.14. The molecule has 0 saturated heterocycles. The summed E-state index contributed by atoms with van der Waals surface area (Å²) in [6, 6.07) is 0. The van der Waals surface area contributed by atoms with Crippen molar-refractivity contribution in [2.75, 3.05) is 6.54 Å². The molecule has 2 aromatic heterocycles. The second kappa shape index (κ2) is 3.86. The Hall–Kier alpha value is -1.62. The Bertz CT molecular complexity index is 458. The van der Waals surface area contributed by atoms with Gasteiger partial charge in [-0.2, -0.15) is 5.10 Å². The highest BCUT2D eigenvalue weighted by atomic mass is 16.4. The van der Waals surface area contributed by atoms with Gasteiger partial charge in [0, 0.05) is 12.5 Å². The van der Waals surface area contributed by atoms with Crippen LogP contribution in [0.5, 0.6) is 0 Å². The number of nitrogens with one attached hydrogen (secondary N) is 1. The molecule has 0 aliphatic rings. The summed E-state index contributed by atoms with van der Waals surface area (Å²) in [7, 11) is 0. The summed E-state index contributed by atoms with van der Waals surface area (Å²) in [6.45, 7) is 4.34. The Labute approximate surface area is 87.7 Å². The second-order valence-electron chi connectivity index (χ2n) is 3.46. The van der Waals surface area contributed by atoms with Crippen molar-refractivity contribution in [2.45, 2.75) is 20.3 Å². The van der Waals surface area contributed by atoms with E-state index in [2.05, 4.69) is 15.2 Å². The fraction of sp³-hybridized carbons (Fsp3) is 0.400. The molecule has 0 fully saturated rings. The van der Waals surface area contributed by atoms with Crippen LogP contribution >= 0.6 is 0 Å². The molecule has 0 spiro atoms. The Morgan fingerprint density at radius 1 is 1.47 bits per heavy atom. The molecule has 5 heteroatoms. The lowest BCUT2D eigenvalue weighted by Crippen LogP contribution is -2.02. The molecule has 0 aliphatic carbocycles. The van der Waals surface area contributed by atoms with Gasteiger partial charge in [0.15, 0.2) is 11.7 Å². The van der Waals surface area contributed by atoms with Crippen molar-refractivity contribution in [2.24, 2.45) is 5.73 Å². The average Bonchev–Trinajstić information content (AvgIpc) is 2.73. The number of nitrogens with two attached hydrogens (primary N) is 1. The number of aromatic amines is 1. The maximum absolute atomic E-state index is 5.52. The van der Waals surface area contributed by atoms with Crippen molar-refractivity contribution in [1.29, 1.82) is 0 Å². The normalized spacial score (nSPS) is 10.9. The van der Waals surface area contributed by atoms with Crippen LogP contribution in [0.3, 0.4) is 0 Å². The highest BCUT2D eigenvalue weighted by molar-refractivity contribution is 5.58. The molecule has 2 heterocycles. The number of rotatable bonds is 3. The van der Waals surface area contributed by atoms with Gasteiger partial charge >= 0.3 is 0 Å². The van der Waals surface area contributed by atoms with Gasteiger partial charge in [-0.1, -0.05) is 0 Å². The van der Waals surface area contributed by atoms with E-state index in [1.165, 1.54) is 0 Å². The molecule has 0 aliphatic heterocycles. The van der Waals surface area contributed by atoms with Crippen LogP contribution in [0, 0.1) is 13.8 Å². The molecule has 5 nitrogen and oxygen atoms in total. The van der Waals surface area contributed by atoms with Gasteiger partial charge in [0.2, 0.25) is 0 Å². The third-order valence-electron chi connectivity index (χ3n) is 2.26. The van der Waals surface area contributed by atoms with E-state index in [1.54, 1.807) is 6.20 Å². The lowest BCUT2D eigenvalue weighted by atomic mass is 10.1. The van der Waals surface area contributed by atoms with Crippen molar-refractivity contribution in [3.05, 3.63) is 23.3 Å². The molecule has 3 N–H and O–H groups in total. The van der Waals surface area contributed by atoms with Crippen molar-refractivity contribution in [1.82, 2.24) is 15.2 Å². The van der Waals surface area contributed by atoms with E-state index in [0.717, 1.165) is 29.1 Å². The van der Waals surface area contributed by atoms with Crippen LogP contribution in [-0.4, -0.2) is 21.7 Å². The van der Waals surface area contributed by atoms with Gasteiger partial charge in [0.25, 0.3) is 0 Å². The van der Waals surface area contributed by atoms with Crippen molar-refractivity contribution in [3.63, 3.8) is 0 Å². The van der Waals surface area contributed by atoms with Crippen LogP contribution in [0.1, 0.15) is 17.1 Å². The van der Waals surface area contributed by atoms with E-state index in [9.17, 15) is 0 Å². The molecule has 2 rings (SSSR count). The quantitative estimate of drug-likeness (QED) is 0.790. The molecule has 0 saturated carbocycles. The minimum Gasteiger partial charge on any atom is -0.439 e. The molecule has 80 valence electrons. The molecule has 2 aromatic rings. The van der Waals surface area contributed by atoms with Crippen molar-refractivity contribution < 1.29 is 4.42 Å². The molecule has 0 aromatic carbocycles. The minimum absolute atomic E-state index is 0.596. The molecule has 0 radical (unpaired) electrons. The van der Waals surface area contributed by atoms with Gasteiger partial charge < -0.3 is 10.2 Å². The van der Waals surface area contributed by atoms with E-state index in [0.29, 0.717) is 12.4 Å². The average molecular weight is 206 g/mol. The van der Waals surface area contributed by atoms with Gasteiger partial charge in [-0.3, -0.25) is 5.10 Å². The first-order chi connectivity index (χ1) is 7.22. The fourth-order valence-corrected chi connectivity index (χ4v) is 1.62. The van der Waals surface area contributed by atoms with Gasteiger partial charge in [-0.05, 0) is 19.9 Å². The molecule has 0 amide bonds. The number of aromatic nitrogens is 3. The topological polar surface area (TPSA) is 80.7 Å². The summed E-state index contributed by atoms with van der Waals surface area (Å²) in [5, 5.41) is 6.92. The van der Waals surface area contributed by atoms with E-state index < -0.39 is 0 Å². The number of nitrogens with zero attached hydrogens (tertiary/aromatic N) is 2. The SMILES string of the molecule is Cc1nc(C)c(-c2[nH]ncc2CCN)o1.